The minimum atomic E-state index is -0.257. The molecule has 2 rings (SSSR count). The molecule has 0 N–H and O–H groups in total. The predicted molar refractivity (Wildman–Crippen MR) is 51.8 cm³/mol. The lowest BCUT2D eigenvalue weighted by atomic mass is 9.94. The summed E-state index contributed by atoms with van der Waals surface area (Å²) < 4.78 is 13.4. The Hall–Kier alpha value is -1.38. The van der Waals surface area contributed by atoms with Gasteiger partial charge in [-0.1, -0.05) is 6.07 Å². The van der Waals surface area contributed by atoms with Crippen molar-refractivity contribution in [3.8, 4) is 0 Å². The minimum Gasteiger partial charge on any atom is -0.341 e. The third kappa shape index (κ3) is 1.20. The molecule has 0 saturated heterocycles. The Morgan fingerprint density at radius 1 is 1.43 bits per heavy atom. The van der Waals surface area contributed by atoms with Gasteiger partial charge in [0.25, 0.3) is 5.91 Å². The van der Waals surface area contributed by atoms with Crippen LogP contribution in [0.1, 0.15) is 21.5 Å². The molecule has 1 heterocycles. The maximum absolute atomic E-state index is 13.4. The molecule has 0 radical (unpaired) electrons. The fraction of sp³-hybridized carbons (Fsp3) is 0.364. The van der Waals surface area contributed by atoms with Crippen LogP contribution in [0.25, 0.3) is 0 Å². The summed E-state index contributed by atoms with van der Waals surface area (Å²) >= 11 is 0. The molecule has 14 heavy (non-hydrogen) atoms. The maximum Gasteiger partial charge on any atom is 0.254 e. The monoisotopic (exact) mass is 193 g/mol. The van der Waals surface area contributed by atoms with E-state index >= 15 is 0 Å². The highest BCUT2D eigenvalue weighted by molar-refractivity contribution is 5.98. The smallest absolute Gasteiger partial charge is 0.254 e. The molecule has 1 aromatic rings. The third-order valence-electron chi connectivity index (χ3n) is 2.72. The number of carbonyl (C=O) groups is 1. The summed E-state index contributed by atoms with van der Waals surface area (Å²) in [5.74, 6) is -0.324. The SMILES string of the molecule is Cc1ccc(F)c2c1C(=O)N(C)CC2. The first kappa shape index (κ1) is 9.19. The summed E-state index contributed by atoms with van der Waals surface area (Å²) in [6.45, 7) is 2.45. The van der Waals surface area contributed by atoms with Crippen LogP contribution in [0.15, 0.2) is 12.1 Å². The Morgan fingerprint density at radius 3 is 2.86 bits per heavy atom. The molecule has 3 heteroatoms. The Morgan fingerprint density at radius 2 is 2.14 bits per heavy atom. The van der Waals surface area contributed by atoms with Crippen LogP contribution >= 0.6 is 0 Å². The molecular weight excluding hydrogens is 181 g/mol. The Bertz CT molecular complexity index is 401. The van der Waals surface area contributed by atoms with E-state index in [1.165, 1.54) is 6.07 Å². The van der Waals surface area contributed by atoms with Crippen LogP contribution in [0.2, 0.25) is 0 Å². The van der Waals surface area contributed by atoms with E-state index in [0.29, 0.717) is 24.1 Å². The molecule has 0 fully saturated rings. The second kappa shape index (κ2) is 3.08. The summed E-state index contributed by atoms with van der Waals surface area (Å²) in [5.41, 5.74) is 1.99. The molecule has 0 unspecified atom stereocenters. The van der Waals surface area contributed by atoms with E-state index < -0.39 is 0 Å². The molecule has 74 valence electrons. The fourth-order valence-corrected chi connectivity index (χ4v) is 1.85. The quantitative estimate of drug-likeness (QED) is 0.614. The van der Waals surface area contributed by atoms with Crippen molar-refractivity contribution in [1.29, 1.82) is 0 Å². The Kier molecular flexibility index (Phi) is 2.02. The van der Waals surface area contributed by atoms with Gasteiger partial charge in [-0.25, -0.2) is 4.39 Å². The molecule has 0 bridgehead atoms. The summed E-state index contributed by atoms with van der Waals surface area (Å²) in [6, 6.07) is 3.10. The Labute approximate surface area is 82.3 Å². The van der Waals surface area contributed by atoms with Crippen LogP contribution in [-0.2, 0) is 6.42 Å². The lowest BCUT2D eigenvalue weighted by Crippen LogP contribution is -2.35. The third-order valence-corrected chi connectivity index (χ3v) is 2.72. The molecule has 0 aromatic heterocycles. The number of likely N-dealkylation sites (N-methyl/N-ethyl adjacent to an activating group) is 1. The molecule has 0 saturated carbocycles. The zero-order chi connectivity index (χ0) is 10.3. The normalized spacial score (nSPS) is 15.6. The number of fused-ring (bicyclic) bond motifs is 1. The van der Waals surface area contributed by atoms with Crippen LogP contribution in [0.3, 0.4) is 0 Å². The molecule has 1 amide bonds. The van der Waals surface area contributed by atoms with Crippen molar-refractivity contribution in [3.63, 3.8) is 0 Å². The molecule has 0 aliphatic carbocycles. The topological polar surface area (TPSA) is 20.3 Å². The van der Waals surface area contributed by atoms with Gasteiger partial charge in [0.15, 0.2) is 0 Å². The average molecular weight is 193 g/mol. The van der Waals surface area contributed by atoms with Gasteiger partial charge in [0.05, 0.1) is 0 Å². The zero-order valence-corrected chi connectivity index (χ0v) is 8.30. The lowest BCUT2D eigenvalue weighted by molar-refractivity contribution is 0.0778. The highest BCUT2D eigenvalue weighted by Gasteiger charge is 2.25. The van der Waals surface area contributed by atoms with Gasteiger partial charge in [-0.15, -0.1) is 0 Å². The summed E-state index contributed by atoms with van der Waals surface area (Å²) in [7, 11) is 1.75. The van der Waals surface area contributed by atoms with Crippen LogP contribution < -0.4 is 0 Å². The zero-order valence-electron chi connectivity index (χ0n) is 8.30. The van der Waals surface area contributed by atoms with Crippen LogP contribution in [0, 0.1) is 12.7 Å². The largest absolute Gasteiger partial charge is 0.341 e. The highest BCUT2D eigenvalue weighted by Crippen LogP contribution is 2.23. The number of nitrogens with zero attached hydrogens (tertiary/aromatic N) is 1. The average Bonchev–Trinajstić information content (AvgIpc) is 2.16. The first-order valence-corrected chi connectivity index (χ1v) is 4.64. The maximum atomic E-state index is 13.4. The number of aryl methyl sites for hydroxylation is 1. The highest BCUT2D eigenvalue weighted by atomic mass is 19.1. The van der Waals surface area contributed by atoms with Gasteiger partial charge in [-0.2, -0.15) is 0 Å². The van der Waals surface area contributed by atoms with Crippen LogP contribution in [0.5, 0.6) is 0 Å². The number of carbonyl (C=O) groups excluding carboxylic acids is 1. The summed E-state index contributed by atoms with van der Waals surface area (Å²) in [4.78, 5) is 13.4. The molecule has 2 nitrogen and oxygen atoms in total. The predicted octanol–water partition coefficient (Wildman–Crippen LogP) is 1.76. The van der Waals surface area contributed by atoms with Gasteiger partial charge in [0, 0.05) is 24.7 Å². The van der Waals surface area contributed by atoms with Crippen molar-refractivity contribution in [1.82, 2.24) is 4.90 Å². The molecule has 1 aliphatic rings. The lowest BCUT2D eigenvalue weighted by Gasteiger charge is -2.26. The van der Waals surface area contributed by atoms with E-state index in [9.17, 15) is 9.18 Å². The van der Waals surface area contributed by atoms with Crippen LogP contribution in [0.4, 0.5) is 4.39 Å². The van der Waals surface area contributed by atoms with Crippen molar-refractivity contribution < 1.29 is 9.18 Å². The van der Waals surface area contributed by atoms with Crippen molar-refractivity contribution in [2.45, 2.75) is 13.3 Å². The number of rotatable bonds is 0. The summed E-state index contributed by atoms with van der Waals surface area (Å²) in [6.07, 6.45) is 0.616. The number of halogens is 1. The van der Waals surface area contributed by atoms with Gasteiger partial charge in [-0.05, 0) is 25.0 Å². The summed E-state index contributed by atoms with van der Waals surface area (Å²) in [5, 5.41) is 0. The van der Waals surface area contributed by atoms with E-state index in [1.54, 1.807) is 18.0 Å². The standard InChI is InChI=1S/C11H12FNO/c1-7-3-4-9(12)8-5-6-13(2)11(14)10(7)8/h3-4H,5-6H2,1-2H3. The van der Waals surface area contributed by atoms with Gasteiger partial charge in [0.1, 0.15) is 5.82 Å². The number of hydrogen-bond donors (Lipinski definition) is 0. The number of amides is 1. The van der Waals surface area contributed by atoms with E-state index in [1.807, 2.05) is 6.92 Å². The van der Waals surface area contributed by atoms with E-state index in [-0.39, 0.29) is 11.7 Å². The molecular formula is C11H12FNO. The van der Waals surface area contributed by atoms with Crippen LogP contribution in [-0.4, -0.2) is 24.4 Å². The van der Waals surface area contributed by atoms with Gasteiger partial charge in [-0.3, -0.25) is 4.79 Å². The first-order chi connectivity index (χ1) is 6.61. The number of benzene rings is 1. The second-order valence-electron chi connectivity index (χ2n) is 3.69. The molecule has 1 aliphatic heterocycles. The van der Waals surface area contributed by atoms with E-state index in [4.69, 9.17) is 0 Å². The van der Waals surface area contributed by atoms with Crippen molar-refractivity contribution in [2.24, 2.45) is 0 Å². The molecule has 0 atom stereocenters. The second-order valence-corrected chi connectivity index (χ2v) is 3.69. The van der Waals surface area contributed by atoms with Gasteiger partial charge < -0.3 is 4.90 Å². The van der Waals surface area contributed by atoms with E-state index in [2.05, 4.69) is 0 Å². The number of hydrogen-bond acceptors (Lipinski definition) is 1. The Balaban J connectivity index is 2.64. The minimum absolute atomic E-state index is 0.0664. The van der Waals surface area contributed by atoms with Crippen molar-refractivity contribution in [3.05, 3.63) is 34.6 Å². The molecule has 1 aromatic carbocycles. The molecule has 0 spiro atoms. The first-order valence-electron chi connectivity index (χ1n) is 4.64. The van der Waals surface area contributed by atoms with Gasteiger partial charge >= 0.3 is 0 Å². The fourth-order valence-electron chi connectivity index (χ4n) is 1.85. The van der Waals surface area contributed by atoms with E-state index in [0.717, 1.165) is 5.56 Å². The van der Waals surface area contributed by atoms with Gasteiger partial charge in [0.2, 0.25) is 0 Å². The van der Waals surface area contributed by atoms with Crippen molar-refractivity contribution in [2.75, 3.05) is 13.6 Å². The van der Waals surface area contributed by atoms with Crippen molar-refractivity contribution >= 4 is 5.91 Å².